The Balaban J connectivity index is 2.70. The van der Waals surface area contributed by atoms with Gasteiger partial charge in [0.15, 0.2) is 0 Å². The minimum Gasteiger partial charge on any atom is -0.381 e. The summed E-state index contributed by atoms with van der Waals surface area (Å²) in [5.74, 6) is 0.110. The summed E-state index contributed by atoms with van der Waals surface area (Å²) in [6, 6.07) is 0. The van der Waals surface area contributed by atoms with E-state index in [1.807, 2.05) is 13.8 Å². The number of nitrogens with zero attached hydrogens (tertiary/aromatic N) is 2. The van der Waals surface area contributed by atoms with Crippen molar-refractivity contribution >= 4 is 17.4 Å². The van der Waals surface area contributed by atoms with E-state index >= 15 is 0 Å². The molecule has 0 bridgehead atoms. The van der Waals surface area contributed by atoms with Gasteiger partial charge >= 0.3 is 0 Å². The molecule has 0 fully saturated rings. The molecule has 1 aromatic rings. The summed E-state index contributed by atoms with van der Waals surface area (Å²) in [5, 5.41) is 4.75. The van der Waals surface area contributed by atoms with Crippen LogP contribution in [-0.4, -0.2) is 28.8 Å². The SMILES string of the molecule is COC(C)CC(=O)Cc1c(Cl)c(C)nn1C. The fraction of sp³-hybridized carbons (Fsp3) is 0.636. The Hall–Kier alpha value is -0.870. The van der Waals surface area contributed by atoms with Gasteiger partial charge in [-0.3, -0.25) is 9.48 Å². The van der Waals surface area contributed by atoms with E-state index in [0.29, 0.717) is 17.9 Å². The average molecular weight is 245 g/mol. The number of halogens is 1. The first-order valence-corrected chi connectivity index (χ1v) is 5.56. The van der Waals surface area contributed by atoms with Crippen molar-refractivity contribution in [3.05, 3.63) is 16.4 Å². The molecule has 4 nitrogen and oxygen atoms in total. The van der Waals surface area contributed by atoms with E-state index < -0.39 is 0 Å². The second-order valence-electron chi connectivity index (χ2n) is 3.94. The summed E-state index contributed by atoms with van der Waals surface area (Å²) in [6.45, 7) is 3.70. The van der Waals surface area contributed by atoms with E-state index in [1.54, 1.807) is 18.8 Å². The molecule has 0 aliphatic rings. The molecule has 0 saturated carbocycles. The third kappa shape index (κ3) is 3.06. The standard InChI is InChI=1S/C11H17ClN2O2/c1-7(16-4)5-9(15)6-10-11(12)8(2)13-14(10)3/h7H,5-6H2,1-4H3. The van der Waals surface area contributed by atoms with Crippen LogP contribution in [0, 0.1) is 6.92 Å². The number of ketones is 1. The largest absolute Gasteiger partial charge is 0.381 e. The molecule has 0 aliphatic heterocycles. The van der Waals surface area contributed by atoms with Gasteiger partial charge in [-0.25, -0.2) is 0 Å². The van der Waals surface area contributed by atoms with E-state index in [2.05, 4.69) is 5.10 Å². The number of methoxy groups -OCH3 is 1. The number of rotatable bonds is 5. The Morgan fingerprint density at radius 2 is 2.25 bits per heavy atom. The van der Waals surface area contributed by atoms with Gasteiger partial charge in [0.2, 0.25) is 0 Å². The van der Waals surface area contributed by atoms with Gasteiger partial charge < -0.3 is 4.74 Å². The molecule has 0 radical (unpaired) electrons. The predicted molar refractivity (Wildman–Crippen MR) is 62.8 cm³/mol. The van der Waals surface area contributed by atoms with Gasteiger partial charge in [0.1, 0.15) is 5.78 Å². The number of aromatic nitrogens is 2. The van der Waals surface area contributed by atoms with Crippen molar-refractivity contribution in [2.75, 3.05) is 7.11 Å². The van der Waals surface area contributed by atoms with Crippen LogP contribution >= 0.6 is 11.6 Å². The van der Waals surface area contributed by atoms with Crippen molar-refractivity contribution in [2.24, 2.45) is 7.05 Å². The van der Waals surface area contributed by atoms with E-state index in [4.69, 9.17) is 16.3 Å². The van der Waals surface area contributed by atoms with Crippen molar-refractivity contribution in [2.45, 2.75) is 32.8 Å². The van der Waals surface area contributed by atoms with Gasteiger partial charge in [0.25, 0.3) is 0 Å². The summed E-state index contributed by atoms with van der Waals surface area (Å²) in [5.41, 5.74) is 1.53. The highest BCUT2D eigenvalue weighted by molar-refractivity contribution is 6.32. The highest BCUT2D eigenvalue weighted by atomic mass is 35.5. The molecule has 0 N–H and O–H groups in total. The lowest BCUT2D eigenvalue weighted by atomic mass is 10.1. The lowest BCUT2D eigenvalue weighted by molar-refractivity contribution is -0.120. The Kier molecular flexibility index (Phi) is 4.50. The molecular weight excluding hydrogens is 228 g/mol. The molecule has 5 heteroatoms. The van der Waals surface area contributed by atoms with Gasteiger partial charge in [0, 0.05) is 27.0 Å². The van der Waals surface area contributed by atoms with Crippen LogP contribution in [0.25, 0.3) is 0 Å². The maximum absolute atomic E-state index is 11.7. The van der Waals surface area contributed by atoms with Crippen molar-refractivity contribution in [3.63, 3.8) is 0 Å². The highest BCUT2D eigenvalue weighted by Crippen LogP contribution is 2.20. The van der Waals surface area contributed by atoms with Crippen molar-refractivity contribution < 1.29 is 9.53 Å². The molecule has 16 heavy (non-hydrogen) atoms. The Morgan fingerprint density at radius 1 is 1.62 bits per heavy atom. The molecular formula is C11H17ClN2O2. The van der Waals surface area contributed by atoms with Crippen LogP contribution in [0.3, 0.4) is 0 Å². The number of carbonyl (C=O) groups is 1. The summed E-state index contributed by atoms with van der Waals surface area (Å²) in [6.07, 6.45) is 0.654. The quantitative estimate of drug-likeness (QED) is 0.795. The summed E-state index contributed by atoms with van der Waals surface area (Å²) in [7, 11) is 3.39. The number of Topliss-reactive ketones (excluding diaryl/α,β-unsaturated/α-hetero) is 1. The van der Waals surface area contributed by atoms with Gasteiger partial charge in [0.05, 0.1) is 22.5 Å². The fourth-order valence-corrected chi connectivity index (χ4v) is 1.76. The second kappa shape index (κ2) is 5.46. The molecule has 0 aliphatic carbocycles. The monoisotopic (exact) mass is 244 g/mol. The number of hydrogen-bond acceptors (Lipinski definition) is 3. The van der Waals surface area contributed by atoms with Crippen LogP contribution in [0.15, 0.2) is 0 Å². The van der Waals surface area contributed by atoms with Gasteiger partial charge in [-0.2, -0.15) is 5.10 Å². The zero-order valence-corrected chi connectivity index (χ0v) is 10.8. The van der Waals surface area contributed by atoms with Crippen LogP contribution in [0.2, 0.25) is 5.02 Å². The molecule has 0 saturated heterocycles. The Morgan fingerprint density at radius 3 is 2.69 bits per heavy atom. The lowest BCUT2D eigenvalue weighted by Crippen LogP contribution is -2.15. The normalized spacial score (nSPS) is 12.8. The predicted octanol–water partition coefficient (Wildman–Crippen LogP) is 1.92. The fourth-order valence-electron chi connectivity index (χ4n) is 1.54. The molecule has 0 amide bonds. The van der Waals surface area contributed by atoms with E-state index in [1.165, 1.54) is 0 Å². The first-order valence-electron chi connectivity index (χ1n) is 5.18. The molecule has 90 valence electrons. The maximum atomic E-state index is 11.7. The molecule has 1 aromatic heterocycles. The third-order valence-electron chi connectivity index (χ3n) is 2.54. The van der Waals surface area contributed by atoms with Crippen LogP contribution in [0.4, 0.5) is 0 Å². The van der Waals surface area contributed by atoms with Crippen LogP contribution in [-0.2, 0) is 23.0 Å². The molecule has 1 rings (SSSR count). The van der Waals surface area contributed by atoms with Gasteiger partial charge in [-0.05, 0) is 13.8 Å². The lowest BCUT2D eigenvalue weighted by Gasteiger charge is -2.08. The van der Waals surface area contributed by atoms with E-state index in [-0.39, 0.29) is 11.9 Å². The van der Waals surface area contributed by atoms with Crippen molar-refractivity contribution in [1.82, 2.24) is 9.78 Å². The molecule has 1 unspecified atom stereocenters. The maximum Gasteiger partial charge on any atom is 0.141 e. The second-order valence-corrected chi connectivity index (χ2v) is 4.31. The number of aryl methyl sites for hydroxylation is 2. The molecule has 0 aromatic carbocycles. The summed E-state index contributed by atoms with van der Waals surface area (Å²) >= 11 is 6.06. The smallest absolute Gasteiger partial charge is 0.141 e. The summed E-state index contributed by atoms with van der Waals surface area (Å²) in [4.78, 5) is 11.7. The zero-order chi connectivity index (χ0) is 12.3. The van der Waals surface area contributed by atoms with Crippen molar-refractivity contribution in [3.8, 4) is 0 Å². The minimum absolute atomic E-state index is 0.0550. The topological polar surface area (TPSA) is 44.1 Å². The number of ether oxygens (including phenoxy) is 1. The van der Waals surface area contributed by atoms with Crippen LogP contribution < -0.4 is 0 Å². The Labute approximate surface area is 101 Å². The molecule has 1 atom stereocenters. The minimum atomic E-state index is -0.0550. The van der Waals surface area contributed by atoms with Gasteiger partial charge in [-0.15, -0.1) is 0 Å². The summed E-state index contributed by atoms with van der Waals surface area (Å²) < 4.78 is 6.71. The van der Waals surface area contributed by atoms with Gasteiger partial charge in [-0.1, -0.05) is 11.6 Å². The van der Waals surface area contributed by atoms with E-state index in [0.717, 1.165) is 11.4 Å². The first-order chi connectivity index (χ1) is 7.45. The molecule has 1 heterocycles. The van der Waals surface area contributed by atoms with Crippen LogP contribution in [0.5, 0.6) is 0 Å². The first kappa shape index (κ1) is 13.2. The number of hydrogen-bond donors (Lipinski definition) is 0. The van der Waals surface area contributed by atoms with Crippen LogP contribution in [0.1, 0.15) is 24.7 Å². The van der Waals surface area contributed by atoms with Crippen molar-refractivity contribution in [1.29, 1.82) is 0 Å². The number of carbonyl (C=O) groups excluding carboxylic acids is 1. The zero-order valence-electron chi connectivity index (χ0n) is 10.1. The third-order valence-corrected chi connectivity index (χ3v) is 3.04. The van der Waals surface area contributed by atoms with E-state index in [9.17, 15) is 4.79 Å². The molecule has 0 spiro atoms. The Bertz CT molecular complexity index is 388. The highest BCUT2D eigenvalue weighted by Gasteiger charge is 2.16. The average Bonchev–Trinajstić information content (AvgIpc) is 2.45.